The molecule has 0 radical (unpaired) electrons. The number of carbonyl (C=O) groups excluding carboxylic acids is 1. The van der Waals surface area contributed by atoms with Crippen molar-refractivity contribution in [3.05, 3.63) is 64.1 Å². The molecular formula is C25H22ClF3N4O2S. The van der Waals surface area contributed by atoms with E-state index >= 15 is 0 Å². The van der Waals surface area contributed by atoms with Gasteiger partial charge in [0.1, 0.15) is 5.82 Å². The Morgan fingerprint density at radius 2 is 2.00 bits per heavy atom. The Kier molecular flexibility index (Phi) is 6.28. The van der Waals surface area contributed by atoms with Gasteiger partial charge in [0.2, 0.25) is 5.91 Å². The van der Waals surface area contributed by atoms with Crippen molar-refractivity contribution in [3.8, 4) is 11.1 Å². The number of thioether (sulfide) groups is 1. The molecule has 2 aromatic carbocycles. The van der Waals surface area contributed by atoms with Gasteiger partial charge >= 0.3 is 11.9 Å². The SMILES string of the molecule is C=CC(=O)N1CCN(c2nc(=O)n3c4c(c(-c5ccccc5C(F)(F)F)c(Cl)cc24)SCC3)[C@@H](C)C1. The molecule has 1 aromatic heterocycles. The van der Waals surface area contributed by atoms with Gasteiger partial charge in [-0.25, -0.2) is 4.79 Å². The third-order valence-corrected chi connectivity index (χ3v) is 7.97. The number of halogens is 4. The van der Waals surface area contributed by atoms with Crippen molar-refractivity contribution >= 4 is 46.0 Å². The first-order valence-corrected chi connectivity index (χ1v) is 12.7. The Morgan fingerprint density at radius 3 is 2.69 bits per heavy atom. The van der Waals surface area contributed by atoms with Crippen molar-refractivity contribution in [2.24, 2.45) is 0 Å². The maximum atomic E-state index is 13.9. The molecule has 1 amide bonds. The van der Waals surface area contributed by atoms with Crippen LogP contribution in [0.1, 0.15) is 12.5 Å². The largest absolute Gasteiger partial charge is 0.417 e. The number of anilines is 1. The van der Waals surface area contributed by atoms with Gasteiger partial charge in [0, 0.05) is 53.8 Å². The van der Waals surface area contributed by atoms with Crippen LogP contribution in [0.25, 0.3) is 22.0 Å². The van der Waals surface area contributed by atoms with Crippen LogP contribution in [0.2, 0.25) is 5.02 Å². The first-order chi connectivity index (χ1) is 17.1. The molecule has 0 N–H and O–H groups in total. The van der Waals surface area contributed by atoms with Crippen molar-refractivity contribution in [1.29, 1.82) is 0 Å². The van der Waals surface area contributed by atoms with E-state index in [1.54, 1.807) is 17.0 Å². The van der Waals surface area contributed by atoms with Crippen molar-refractivity contribution in [2.45, 2.75) is 30.6 Å². The van der Waals surface area contributed by atoms with Crippen molar-refractivity contribution < 1.29 is 18.0 Å². The number of benzene rings is 2. The molecule has 5 rings (SSSR count). The van der Waals surface area contributed by atoms with E-state index in [0.717, 1.165) is 6.07 Å². The monoisotopic (exact) mass is 534 g/mol. The summed E-state index contributed by atoms with van der Waals surface area (Å²) in [7, 11) is 0. The highest BCUT2D eigenvalue weighted by Gasteiger charge is 2.36. The Bertz CT molecular complexity index is 1460. The van der Waals surface area contributed by atoms with Crippen LogP contribution in [0.4, 0.5) is 19.0 Å². The van der Waals surface area contributed by atoms with Gasteiger partial charge in [-0.2, -0.15) is 18.2 Å². The average molecular weight is 535 g/mol. The lowest BCUT2D eigenvalue weighted by molar-refractivity contribution is -0.137. The lowest BCUT2D eigenvalue weighted by atomic mass is 9.97. The maximum Gasteiger partial charge on any atom is 0.417 e. The van der Waals surface area contributed by atoms with Crippen molar-refractivity contribution in [2.75, 3.05) is 30.3 Å². The van der Waals surface area contributed by atoms with E-state index in [0.29, 0.717) is 53.5 Å². The van der Waals surface area contributed by atoms with E-state index in [1.807, 2.05) is 11.8 Å². The van der Waals surface area contributed by atoms with Crippen LogP contribution >= 0.6 is 23.4 Å². The second-order valence-corrected chi connectivity index (χ2v) is 10.3. The predicted molar refractivity (Wildman–Crippen MR) is 136 cm³/mol. The van der Waals surface area contributed by atoms with E-state index in [2.05, 4.69) is 11.6 Å². The molecule has 2 aliphatic rings. The van der Waals surface area contributed by atoms with Crippen molar-refractivity contribution in [1.82, 2.24) is 14.5 Å². The fourth-order valence-corrected chi connectivity index (χ4v) is 6.53. The van der Waals surface area contributed by atoms with Crippen molar-refractivity contribution in [3.63, 3.8) is 0 Å². The van der Waals surface area contributed by atoms with Gasteiger partial charge in [0.15, 0.2) is 0 Å². The van der Waals surface area contributed by atoms with Gasteiger partial charge in [0.25, 0.3) is 0 Å². The van der Waals surface area contributed by atoms with Gasteiger partial charge in [-0.15, -0.1) is 11.8 Å². The molecule has 0 spiro atoms. The number of aromatic nitrogens is 2. The lowest BCUT2D eigenvalue weighted by Gasteiger charge is -2.40. The molecule has 1 atom stereocenters. The van der Waals surface area contributed by atoms with E-state index in [1.165, 1.54) is 34.5 Å². The van der Waals surface area contributed by atoms with Crippen LogP contribution in [-0.4, -0.2) is 51.8 Å². The topological polar surface area (TPSA) is 58.4 Å². The first kappa shape index (κ1) is 24.7. The zero-order valence-corrected chi connectivity index (χ0v) is 20.9. The summed E-state index contributed by atoms with van der Waals surface area (Å²) in [4.78, 5) is 33.8. The highest BCUT2D eigenvalue weighted by Crippen LogP contribution is 2.48. The fraction of sp³-hybridized carbons (Fsp3) is 0.320. The highest BCUT2D eigenvalue weighted by molar-refractivity contribution is 7.99. The number of aryl methyl sites for hydroxylation is 1. The molecule has 3 aromatic rings. The Morgan fingerprint density at radius 1 is 1.25 bits per heavy atom. The molecule has 36 heavy (non-hydrogen) atoms. The van der Waals surface area contributed by atoms with Gasteiger partial charge in [-0.3, -0.25) is 9.36 Å². The molecule has 0 unspecified atom stereocenters. The smallest absolute Gasteiger partial charge is 0.350 e. The highest BCUT2D eigenvalue weighted by atomic mass is 35.5. The summed E-state index contributed by atoms with van der Waals surface area (Å²) in [5.41, 5.74) is -0.471. The van der Waals surface area contributed by atoms with Gasteiger partial charge in [0.05, 0.1) is 16.1 Å². The Hall–Kier alpha value is -2.98. The molecule has 1 fully saturated rings. The van der Waals surface area contributed by atoms with E-state index in [-0.39, 0.29) is 28.1 Å². The maximum absolute atomic E-state index is 13.9. The number of rotatable bonds is 3. The molecule has 0 saturated carbocycles. The molecule has 2 aliphatic heterocycles. The molecule has 3 heterocycles. The number of nitrogens with zero attached hydrogens (tertiary/aromatic N) is 4. The molecule has 11 heteroatoms. The van der Waals surface area contributed by atoms with Crippen LogP contribution in [0.5, 0.6) is 0 Å². The van der Waals surface area contributed by atoms with Crippen LogP contribution in [-0.2, 0) is 17.5 Å². The van der Waals surface area contributed by atoms with E-state index < -0.39 is 17.4 Å². The number of hydrogen-bond donors (Lipinski definition) is 0. The van der Waals surface area contributed by atoms with Crippen LogP contribution in [0.15, 0.2) is 52.7 Å². The number of alkyl halides is 3. The minimum absolute atomic E-state index is 0.0245. The minimum atomic E-state index is -4.57. The summed E-state index contributed by atoms with van der Waals surface area (Å²) in [5.74, 6) is 0.758. The second-order valence-electron chi connectivity index (χ2n) is 8.75. The zero-order valence-electron chi connectivity index (χ0n) is 19.3. The molecule has 0 aliphatic carbocycles. The van der Waals surface area contributed by atoms with Crippen LogP contribution < -0.4 is 10.6 Å². The van der Waals surface area contributed by atoms with Gasteiger partial charge in [-0.05, 0) is 30.7 Å². The fourth-order valence-electron chi connectivity index (χ4n) is 4.97. The summed E-state index contributed by atoms with van der Waals surface area (Å²) in [5, 5.41) is 0.760. The third-order valence-electron chi connectivity index (χ3n) is 6.60. The summed E-state index contributed by atoms with van der Waals surface area (Å²) in [6.45, 7) is 7.14. The van der Waals surface area contributed by atoms with Crippen LogP contribution in [0, 0.1) is 0 Å². The average Bonchev–Trinajstić information content (AvgIpc) is 2.85. The molecule has 6 nitrogen and oxygen atoms in total. The lowest BCUT2D eigenvalue weighted by Crippen LogP contribution is -2.54. The molecule has 188 valence electrons. The number of carbonyl (C=O) groups is 1. The number of piperazine rings is 1. The van der Waals surface area contributed by atoms with E-state index in [9.17, 15) is 22.8 Å². The summed E-state index contributed by atoms with van der Waals surface area (Å²) in [6, 6.07) is 6.78. The Balaban J connectivity index is 1.73. The summed E-state index contributed by atoms with van der Waals surface area (Å²) < 4.78 is 43.2. The summed E-state index contributed by atoms with van der Waals surface area (Å²) in [6.07, 6.45) is -3.30. The van der Waals surface area contributed by atoms with Gasteiger partial charge < -0.3 is 9.80 Å². The normalized spacial score (nSPS) is 18.0. The molecule has 0 bridgehead atoms. The predicted octanol–water partition coefficient (Wildman–Crippen LogP) is 5.06. The minimum Gasteiger partial charge on any atom is -0.350 e. The molecular weight excluding hydrogens is 513 g/mol. The summed E-state index contributed by atoms with van der Waals surface area (Å²) >= 11 is 8.10. The third kappa shape index (κ3) is 4.06. The first-order valence-electron chi connectivity index (χ1n) is 11.4. The van der Waals surface area contributed by atoms with Gasteiger partial charge in [-0.1, -0.05) is 36.4 Å². The number of amides is 1. The molecule has 1 saturated heterocycles. The number of hydrogen-bond acceptors (Lipinski definition) is 5. The second kappa shape index (κ2) is 9.15. The Labute approximate surface area is 214 Å². The van der Waals surface area contributed by atoms with E-state index in [4.69, 9.17) is 11.6 Å². The zero-order chi connectivity index (χ0) is 25.8. The standard InChI is InChI=1S/C25H22ClF3N4O2S/c1-3-19(34)31-8-9-32(14(2)13-31)23-16-12-18(26)20(15-6-4-5-7-17(15)25(27,28)29)22-21(16)33(10-11-36-22)24(35)30-23/h3-7,12,14H,1,8-11,13H2,2H3/t14-/m0/s1. The quantitative estimate of drug-likeness (QED) is 0.439. The van der Waals surface area contributed by atoms with Crippen LogP contribution in [0.3, 0.4) is 0 Å².